The first-order chi connectivity index (χ1) is 10.1. The van der Waals surface area contributed by atoms with Crippen LogP contribution in [-0.4, -0.2) is 17.8 Å². The molecule has 0 amide bonds. The molecule has 0 aliphatic carbocycles. The third-order valence-corrected chi connectivity index (χ3v) is 3.78. The molecule has 2 rings (SSSR count). The van der Waals surface area contributed by atoms with Crippen LogP contribution in [0.1, 0.15) is 35.2 Å². The molecule has 2 aromatic carbocycles. The molecule has 2 aromatic rings. The van der Waals surface area contributed by atoms with E-state index in [9.17, 15) is 5.11 Å². The van der Waals surface area contributed by atoms with E-state index in [0.29, 0.717) is 0 Å². The van der Waals surface area contributed by atoms with Crippen LogP contribution in [-0.2, 0) is 6.42 Å². The van der Waals surface area contributed by atoms with E-state index in [4.69, 9.17) is 0 Å². The minimum absolute atomic E-state index is 0.0724. The highest BCUT2D eigenvalue weighted by Crippen LogP contribution is 2.17. The molecule has 0 aromatic heterocycles. The molecule has 0 radical (unpaired) electrons. The number of benzene rings is 2. The number of aliphatic hydroxyl groups is 1. The van der Waals surface area contributed by atoms with Gasteiger partial charge >= 0.3 is 0 Å². The summed E-state index contributed by atoms with van der Waals surface area (Å²) in [6.07, 6.45) is 0.840. The predicted octanol–water partition coefficient (Wildman–Crippen LogP) is 3.56. The molecule has 0 heterocycles. The average Bonchev–Trinajstić information content (AvgIpc) is 2.46. The van der Waals surface area contributed by atoms with E-state index in [-0.39, 0.29) is 18.7 Å². The van der Waals surface area contributed by atoms with Gasteiger partial charge in [-0.3, -0.25) is 0 Å². The van der Waals surface area contributed by atoms with Crippen molar-refractivity contribution >= 4 is 0 Å². The van der Waals surface area contributed by atoms with Gasteiger partial charge in [-0.1, -0.05) is 59.7 Å². The van der Waals surface area contributed by atoms with Crippen molar-refractivity contribution in [2.24, 2.45) is 0 Å². The molecule has 2 heteroatoms. The zero-order valence-electron chi connectivity index (χ0n) is 13.1. The number of rotatable bonds is 6. The summed E-state index contributed by atoms with van der Waals surface area (Å²) in [7, 11) is 0. The molecule has 0 fully saturated rings. The molecule has 1 unspecified atom stereocenters. The minimum Gasteiger partial charge on any atom is -0.395 e. The van der Waals surface area contributed by atoms with Crippen LogP contribution in [0.3, 0.4) is 0 Å². The molecule has 2 atom stereocenters. The van der Waals surface area contributed by atoms with E-state index in [0.717, 1.165) is 6.42 Å². The summed E-state index contributed by atoms with van der Waals surface area (Å²) in [5, 5.41) is 13.2. The molecule has 2 N–H and O–H groups in total. The van der Waals surface area contributed by atoms with Crippen LogP contribution in [0.4, 0.5) is 0 Å². The van der Waals surface area contributed by atoms with Gasteiger partial charge in [-0.2, -0.15) is 0 Å². The molecule has 0 saturated heterocycles. The van der Waals surface area contributed by atoms with Crippen molar-refractivity contribution in [2.75, 3.05) is 6.61 Å². The van der Waals surface area contributed by atoms with Crippen LogP contribution < -0.4 is 5.32 Å². The predicted molar refractivity (Wildman–Crippen MR) is 88.5 cm³/mol. The number of nitrogens with one attached hydrogen (secondary N) is 1. The quantitative estimate of drug-likeness (QED) is 0.849. The van der Waals surface area contributed by atoms with Crippen LogP contribution in [0.25, 0.3) is 0 Å². The van der Waals surface area contributed by atoms with E-state index in [1.54, 1.807) is 0 Å². The second kappa shape index (κ2) is 7.39. The summed E-state index contributed by atoms with van der Waals surface area (Å²) in [6, 6.07) is 17.2. The Kier molecular flexibility index (Phi) is 5.54. The second-order valence-corrected chi connectivity index (χ2v) is 5.88. The Hall–Kier alpha value is -1.64. The van der Waals surface area contributed by atoms with Gasteiger partial charge in [0.1, 0.15) is 0 Å². The lowest BCUT2D eigenvalue weighted by atomic mass is 10.0. The SMILES string of the molecule is Cc1cc(C)cc(C(C)N[C@H](CO)Cc2ccccc2)c1. The van der Waals surface area contributed by atoms with Gasteiger partial charge in [0.15, 0.2) is 0 Å². The van der Waals surface area contributed by atoms with Gasteiger partial charge in [-0.15, -0.1) is 0 Å². The first-order valence-corrected chi connectivity index (χ1v) is 7.57. The number of aryl methyl sites for hydroxylation is 2. The highest BCUT2D eigenvalue weighted by Gasteiger charge is 2.13. The molecule has 112 valence electrons. The van der Waals surface area contributed by atoms with E-state index in [1.807, 2.05) is 18.2 Å². The minimum atomic E-state index is 0.0724. The normalized spacial score (nSPS) is 13.9. The van der Waals surface area contributed by atoms with Crippen LogP contribution in [0.2, 0.25) is 0 Å². The van der Waals surface area contributed by atoms with Crippen LogP contribution in [0.5, 0.6) is 0 Å². The zero-order chi connectivity index (χ0) is 15.2. The maximum Gasteiger partial charge on any atom is 0.0588 e. The molecule has 0 aliphatic rings. The lowest BCUT2D eigenvalue weighted by Crippen LogP contribution is -2.36. The lowest BCUT2D eigenvalue weighted by molar-refractivity contribution is 0.232. The molecule has 21 heavy (non-hydrogen) atoms. The van der Waals surface area contributed by atoms with Crippen molar-refractivity contribution in [3.63, 3.8) is 0 Å². The summed E-state index contributed by atoms with van der Waals surface area (Å²) in [6.45, 7) is 6.54. The van der Waals surface area contributed by atoms with Crippen LogP contribution in [0, 0.1) is 13.8 Å². The molecule has 2 nitrogen and oxygen atoms in total. The average molecular weight is 283 g/mol. The Bertz CT molecular complexity index is 545. The Balaban J connectivity index is 2.03. The van der Waals surface area contributed by atoms with Gasteiger partial charge in [0.05, 0.1) is 6.61 Å². The van der Waals surface area contributed by atoms with Gasteiger partial charge in [-0.05, 0) is 38.3 Å². The molecular formula is C19H25NO. The fraction of sp³-hybridized carbons (Fsp3) is 0.368. The monoisotopic (exact) mass is 283 g/mol. The summed E-state index contributed by atoms with van der Waals surface area (Å²) in [4.78, 5) is 0. The molecular weight excluding hydrogens is 258 g/mol. The summed E-state index contributed by atoms with van der Waals surface area (Å²) >= 11 is 0. The van der Waals surface area contributed by atoms with Crippen molar-refractivity contribution in [1.29, 1.82) is 0 Å². The first-order valence-electron chi connectivity index (χ1n) is 7.57. The van der Waals surface area contributed by atoms with E-state index < -0.39 is 0 Å². The molecule has 0 aliphatic heterocycles. The van der Waals surface area contributed by atoms with Crippen LogP contribution >= 0.6 is 0 Å². The summed E-state index contributed by atoms with van der Waals surface area (Å²) < 4.78 is 0. The van der Waals surface area contributed by atoms with Crippen LogP contribution in [0.15, 0.2) is 48.5 Å². The molecule has 0 saturated carbocycles. The maximum absolute atomic E-state index is 9.63. The van der Waals surface area contributed by atoms with Crippen molar-refractivity contribution in [3.05, 3.63) is 70.8 Å². The summed E-state index contributed by atoms with van der Waals surface area (Å²) in [5.41, 5.74) is 5.08. The zero-order valence-corrected chi connectivity index (χ0v) is 13.1. The Morgan fingerprint density at radius 1 is 1.00 bits per heavy atom. The van der Waals surface area contributed by atoms with Crippen molar-refractivity contribution in [2.45, 2.75) is 39.3 Å². The highest BCUT2D eigenvalue weighted by molar-refractivity contribution is 5.30. The largest absolute Gasteiger partial charge is 0.395 e. The van der Waals surface area contributed by atoms with Gasteiger partial charge in [0, 0.05) is 12.1 Å². The maximum atomic E-state index is 9.63. The van der Waals surface area contributed by atoms with Crippen molar-refractivity contribution in [3.8, 4) is 0 Å². The van der Waals surface area contributed by atoms with E-state index >= 15 is 0 Å². The van der Waals surface area contributed by atoms with Crippen molar-refractivity contribution in [1.82, 2.24) is 5.32 Å². The van der Waals surface area contributed by atoms with Gasteiger partial charge in [0.25, 0.3) is 0 Å². The number of hydrogen-bond acceptors (Lipinski definition) is 2. The number of hydrogen-bond donors (Lipinski definition) is 2. The lowest BCUT2D eigenvalue weighted by Gasteiger charge is -2.23. The Labute approximate surface area is 127 Å². The van der Waals surface area contributed by atoms with Gasteiger partial charge < -0.3 is 10.4 Å². The Morgan fingerprint density at radius 3 is 2.19 bits per heavy atom. The van der Waals surface area contributed by atoms with E-state index in [1.165, 1.54) is 22.3 Å². The van der Waals surface area contributed by atoms with Gasteiger partial charge in [0.2, 0.25) is 0 Å². The van der Waals surface area contributed by atoms with Crippen molar-refractivity contribution < 1.29 is 5.11 Å². The van der Waals surface area contributed by atoms with E-state index in [2.05, 4.69) is 56.4 Å². The second-order valence-electron chi connectivity index (χ2n) is 5.88. The topological polar surface area (TPSA) is 32.3 Å². The Morgan fingerprint density at radius 2 is 1.62 bits per heavy atom. The number of aliphatic hydroxyl groups excluding tert-OH is 1. The molecule has 0 bridgehead atoms. The first kappa shape index (κ1) is 15.7. The van der Waals surface area contributed by atoms with Gasteiger partial charge in [-0.25, -0.2) is 0 Å². The standard InChI is InChI=1S/C19H25NO/c1-14-9-15(2)11-18(10-14)16(3)20-19(13-21)12-17-7-5-4-6-8-17/h4-11,16,19-21H,12-13H2,1-3H3/t16?,19-/m0/s1. The fourth-order valence-electron chi connectivity index (χ4n) is 2.78. The third kappa shape index (κ3) is 4.69. The highest BCUT2D eigenvalue weighted by atomic mass is 16.3. The smallest absolute Gasteiger partial charge is 0.0588 e. The third-order valence-electron chi connectivity index (χ3n) is 3.78. The fourth-order valence-corrected chi connectivity index (χ4v) is 2.78. The molecule has 0 spiro atoms. The summed E-state index contributed by atoms with van der Waals surface area (Å²) in [5.74, 6) is 0.